The second-order valence-electron chi connectivity index (χ2n) is 8.40. The summed E-state index contributed by atoms with van der Waals surface area (Å²) in [7, 11) is 0. The Morgan fingerprint density at radius 3 is 2.26 bits per heavy atom. The van der Waals surface area contributed by atoms with E-state index in [0.29, 0.717) is 30.8 Å². The first-order valence-electron chi connectivity index (χ1n) is 11.7. The SMILES string of the molecule is O=C(c1ccnc(Nc2ccccc2)n1)N1CCC(N2CC=CC=C2Nc2ccccc2)CC1. The molecule has 0 saturated carbocycles. The third-order valence-corrected chi connectivity index (χ3v) is 6.15. The lowest BCUT2D eigenvalue weighted by molar-refractivity contribution is 0.0654. The number of rotatable bonds is 6. The first-order chi connectivity index (χ1) is 16.8. The zero-order chi connectivity index (χ0) is 23.2. The lowest BCUT2D eigenvalue weighted by Gasteiger charge is -2.41. The molecule has 2 aromatic carbocycles. The number of aromatic nitrogens is 2. The number of hydrogen-bond acceptors (Lipinski definition) is 6. The molecule has 5 rings (SSSR count). The molecule has 0 aliphatic carbocycles. The Bertz CT molecular complexity index is 1170. The molecule has 7 nitrogen and oxygen atoms in total. The van der Waals surface area contributed by atoms with Gasteiger partial charge in [0, 0.05) is 43.2 Å². The van der Waals surface area contributed by atoms with Crippen LogP contribution in [0.25, 0.3) is 0 Å². The summed E-state index contributed by atoms with van der Waals surface area (Å²) in [5.41, 5.74) is 2.38. The normalized spacial score (nSPS) is 16.2. The highest BCUT2D eigenvalue weighted by Crippen LogP contribution is 2.25. The van der Waals surface area contributed by atoms with Crippen molar-refractivity contribution < 1.29 is 4.79 Å². The number of nitrogens with zero attached hydrogens (tertiary/aromatic N) is 4. The van der Waals surface area contributed by atoms with Crippen LogP contribution in [0.3, 0.4) is 0 Å². The zero-order valence-electron chi connectivity index (χ0n) is 19.0. The Labute approximate surface area is 199 Å². The highest BCUT2D eigenvalue weighted by atomic mass is 16.2. The predicted molar refractivity (Wildman–Crippen MR) is 135 cm³/mol. The van der Waals surface area contributed by atoms with Crippen LogP contribution in [0.5, 0.6) is 0 Å². The van der Waals surface area contributed by atoms with Crippen molar-refractivity contribution in [2.24, 2.45) is 0 Å². The molecule has 2 aliphatic rings. The van der Waals surface area contributed by atoms with E-state index in [1.54, 1.807) is 12.3 Å². The third-order valence-electron chi connectivity index (χ3n) is 6.15. The minimum absolute atomic E-state index is 0.0475. The van der Waals surface area contributed by atoms with Gasteiger partial charge in [0.1, 0.15) is 11.5 Å². The van der Waals surface area contributed by atoms with E-state index in [-0.39, 0.29) is 5.91 Å². The molecule has 3 aromatic rings. The lowest BCUT2D eigenvalue weighted by Crippen LogP contribution is -2.47. The highest BCUT2D eigenvalue weighted by Gasteiger charge is 2.29. The Balaban J connectivity index is 1.20. The summed E-state index contributed by atoms with van der Waals surface area (Å²) in [6, 6.07) is 22.0. The molecule has 2 aliphatic heterocycles. The summed E-state index contributed by atoms with van der Waals surface area (Å²) in [5, 5.41) is 6.70. The fourth-order valence-electron chi connectivity index (χ4n) is 4.39. The van der Waals surface area contributed by atoms with Crippen LogP contribution in [0.2, 0.25) is 0 Å². The number of hydrogen-bond donors (Lipinski definition) is 2. The van der Waals surface area contributed by atoms with Crippen molar-refractivity contribution in [1.82, 2.24) is 19.8 Å². The van der Waals surface area contributed by atoms with Crippen LogP contribution in [0.4, 0.5) is 17.3 Å². The van der Waals surface area contributed by atoms with E-state index in [4.69, 9.17) is 0 Å². The average molecular weight is 453 g/mol. The van der Waals surface area contributed by atoms with Crippen molar-refractivity contribution in [2.75, 3.05) is 30.3 Å². The molecule has 0 radical (unpaired) electrons. The van der Waals surface area contributed by atoms with Gasteiger partial charge < -0.3 is 20.4 Å². The smallest absolute Gasteiger partial charge is 0.272 e. The molecule has 7 heteroatoms. The zero-order valence-corrected chi connectivity index (χ0v) is 19.0. The van der Waals surface area contributed by atoms with Crippen LogP contribution in [0.15, 0.2) is 97.0 Å². The second kappa shape index (κ2) is 10.2. The van der Waals surface area contributed by atoms with Crippen LogP contribution < -0.4 is 10.6 Å². The second-order valence-corrected chi connectivity index (χ2v) is 8.40. The molecule has 1 fully saturated rings. The Morgan fingerprint density at radius 2 is 1.56 bits per heavy atom. The van der Waals surface area contributed by atoms with Gasteiger partial charge >= 0.3 is 0 Å². The molecule has 1 aromatic heterocycles. The van der Waals surface area contributed by atoms with Crippen LogP contribution in [-0.4, -0.2) is 51.4 Å². The minimum atomic E-state index is -0.0475. The van der Waals surface area contributed by atoms with Gasteiger partial charge in [-0.05, 0) is 49.2 Å². The highest BCUT2D eigenvalue weighted by molar-refractivity contribution is 5.92. The molecule has 1 amide bonds. The summed E-state index contributed by atoms with van der Waals surface area (Å²) in [6.07, 6.45) is 9.84. The molecular weight excluding hydrogens is 424 g/mol. The lowest BCUT2D eigenvalue weighted by atomic mass is 10.0. The van der Waals surface area contributed by atoms with Crippen LogP contribution in [-0.2, 0) is 0 Å². The van der Waals surface area contributed by atoms with E-state index in [2.05, 4.69) is 55.9 Å². The molecule has 0 bridgehead atoms. The van der Waals surface area contributed by atoms with E-state index in [9.17, 15) is 4.79 Å². The van der Waals surface area contributed by atoms with Crippen LogP contribution in [0.1, 0.15) is 23.3 Å². The predicted octanol–water partition coefficient (Wildman–Crippen LogP) is 4.65. The Hall–Kier alpha value is -4.13. The van der Waals surface area contributed by atoms with Crippen molar-refractivity contribution in [3.8, 4) is 0 Å². The fourth-order valence-corrected chi connectivity index (χ4v) is 4.39. The molecule has 3 heterocycles. The van der Waals surface area contributed by atoms with Crippen LogP contribution >= 0.6 is 0 Å². The van der Waals surface area contributed by atoms with Gasteiger partial charge in [0.15, 0.2) is 0 Å². The first kappa shape index (κ1) is 21.7. The summed E-state index contributed by atoms with van der Waals surface area (Å²) in [5.74, 6) is 1.48. The Morgan fingerprint density at radius 1 is 0.882 bits per heavy atom. The van der Waals surface area contributed by atoms with Crippen LogP contribution in [0, 0.1) is 0 Å². The molecule has 172 valence electrons. The number of amides is 1. The van der Waals surface area contributed by atoms with Gasteiger partial charge in [0.25, 0.3) is 5.91 Å². The van der Waals surface area contributed by atoms with Gasteiger partial charge in [-0.3, -0.25) is 4.79 Å². The average Bonchev–Trinajstić information content (AvgIpc) is 2.90. The molecular formula is C27H28N6O. The number of para-hydroxylation sites is 2. The molecule has 0 spiro atoms. The third kappa shape index (κ3) is 5.09. The number of likely N-dealkylation sites (tertiary alicyclic amines) is 1. The number of carbonyl (C=O) groups excluding carboxylic acids is 1. The standard InChI is InChI=1S/C27H28N6O/c34-26(24-14-17-28-27(31-24)30-22-11-5-2-6-12-22)32-19-15-23(16-20-32)33-18-8-7-13-25(33)29-21-9-3-1-4-10-21/h1-14,17,23,29H,15-16,18-20H2,(H,28,30,31). The molecule has 0 atom stereocenters. The number of carbonyl (C=O) groups is 1. The number of nitrogens with one attached hydrogen (secondary N) is 2. The summed E-state index contributed by atoms with van der Waals surface area (Å²) >= 11 is 0. The number of allylic oxidation sites excluding steroid dienone is 2. The first-order valence-corrected chi connectivity index (χ1v) is 11.7. The van der Waals surface area contributed by atoms with E-state index < -0.39 is 0 Å². The van der Waals surface area contributed by atoms with Gasteiger partial charge in [0.2, 0.25) is 5.95 Å². The number of piperidine rings is 1. The number of anilines is 3. The maximum absolute atomic E-state index is 13.2. The van der Waals surface area contributed by atoms with Crippen molar-refractivity contribution in [2.45, 2.75) is 18.9 Å². The molecule has 2 N–H and O–H groups in total. The number of benzene rings is 2. The van der Waals surface area contributed by atoms with Gasteiger partial charge in [-0.1, -0.05) is 48.6 Å². The van der Waals surface area contributed by atoms with Crippen molar-refractivity contribution >= 4 is 23.2 Å². The van der Waals surface area contributed by atoms with Crippen molar-refractivity contribution in [3.05, 3.63) is 103 Å². The monoisotopic (exact) mass is 452 g/mol. The van der Waals surface area contributed by atoms with Gasteiger partial charge in [-0.25, -0.2) is 9.97 Å². The summed E-state index contributed by atoms with van der Waals surface area (Å²) in [6.45, 7) is 2.27. The molecule has 0 unspecified atom stereocenters. The largest absolute Gasteiger partial charge is 0.351 e. The van der Waals surface area contributed by atoms with Gasteiger partial charge in [-0.15, -0.1) is 0 Å². The quantitative estimate of drug-likeness (QED) is 0.567. The van der Waals surface area contributed by atoms with Crippen molar-refractivity contribution in [1.29, 1.82) is 0 Å². The van der Waals surface area contributed by atoms with E-state index >= 15 is 0 Å². The Kier molecular flexibility index (Phi) is 6.52. The minimum Gasteiger partial charge on any atom is -0.351 e. The fraction of sp³-hybridized carbons (Fsp3) is 0.222. The van der Waals surface area contributed by atoms with E-state index in [1.807, 2.05) is 53.4 Å². The summed E-state index contributed by atoms with van der Waals surface area (Å²) < 4.78 is 0. The molecule has 34 heavy (non-hydrogen) atoms. The summed E-state index contributed by atoms with van der Waals surface area (Å²) in [4.78, 5) is 26.2. The molecule has 1 saturated heterocycles. The maximum Gasteiger partial charge on any atom is 0.272 e. The van der Waals surface area contributed by atoms with Gasteiger partial charge in [0.05, 0.1) is 0 Å². The maximum atomic E-state index is 13.2. The van der Waals surface area contributed by atoms with Gasteiger partial charge in [-0.2, -0.15) is 0 Å². The topological polar surface area (TPSA) is 73.4 Å². The van der Waals surface area contributed by atoms with E-state index in [1.165, 1.54) is 0 Å². The van der Waals surface area contributed by atoms with Crippen molar-refractivity contribution in [3.63, 3.8) is 0 Å². The van der Waals surface area contributed by atoms with E-state index in [0.717, 1.165) is 36.6 Å².